The predicted molar refractivity (Wildman–Crippen MR) is 106 cm³/mol. The molecule has 1 aromatic heterocycles. The Morgan fingerprint density at radius 1 is 1.26 bits per heavy atom. The first-order valence-electron chi connectivity index (χ1n) is 8.89. The number of anilines is 1. The molecule has 1 fully saturated rings. The van der Waals surface area contributed by atoms with Crippen molar-refractivity contribution >= 4 is 27.5 Å². The molecule has 8 heteroatoms. The summed E-state index contributed by atoms with van der Waals surface area (Å²) in [5.41, 5.74) is 3.15. The zero-order valence-corrected chi connectivity index (χ0v) is 17.4. The maximum absolute atomic E-state index is 13.0. The van der Waals surface area contributed by atoms with E-state index in [9.17, 15) is 9.18 Å². The minimum Gasteiger partial charge on any atom is -0.495 e. The van der Waals surface area contributed by atoms with E-state index in [4.69, 9.17) is 4.74 Å². The van der Waals surface area contributed by atoms with Crippen LogP contribution in [-0.2, 0) is 18.0 Å². The molecular weight excluding hydrogens is 415 g/mol. The van der Waals surface area contributed by atoms with E-state index >= 15 is 0 Å². The van der Waals surface area contributed by atoms with Crippen LogP contribution in [0.1, 0.15) is 17.0 Å². The normalized spacial score (nSPS) is 14.6. The van der Waals surface area contributed by atoms with Crippen LogP contribution >= 0.6 is 15.9 Å². The summed E-state index contributed by atoms with van der Waals surface area (Å²) in [7, 11) is 1.65. The van der Waals surface area contributed by atoms with Gasteiger partial charge in [0.2, 0.25) is 5.91 Å². The highest BCUT2D eigenvalue weighted by atomic mass is 79.9. The fraction of sp³-hybridized carbons (Fsp3) is 0.474. The molecule has 0 N–H and O–H groups in total. The number of amides is 1. The molecular formula is C19H24BrFN4O2. The first kappa shape index (κ1) is 19.7. The third kappa shape index (κ3) is 4.10. The lowest BCUT2D eigenvalue weighted by Gasteiger charge is -2.36. The van der Waals surface area contributed by atoms with Gasteiger partial charge in [0.15, 0.2) is 0 Å². The SMILES string of the molecule is COc1cc(N2CCN(C(=O)Cn3nc(CF)c(C)c3C)CC2)ccc1Br. The average molecular weight is 439 g/mol. The van der Waals surface area contributed by atoms with E-state index in [1.165, 1.54) is 0 Å². The molecule has 3 rings (SSSR count). The maximum Gasteiger partial charge on any atom is 0.244 e. The van der Waals surface area contributed by atoms with E-state index < -0.39 is 6.67 Å². The minimum absolute atomic E-state index is 0.0130. The number of ether oxygens (including phenoxy) is 1. The van der Waals surface area contributed by atoms with Gasteiger partial charge in [-0.05, 0) is 47.5 Å². The van der Waals surface area contributed by atoms with E-state index in [2.05, 4.69) is 25.9 Å². The van der Waals surface area contributed by atoms with Crippen molar-refractivity contribution in [2.24, 2.45) is 0 Å². The summed E-state index contributed by atoms with van der Waals surface area (Å²) in [6.45, 7) is 6.05. The van der Waals surface area contributed by atoms with Gasteiger partial charge in [-0.3, -0.25) is 9.48 Å². The van der Waals surface area contributed by atoms with Gasteiger partial charge in [0, 0.05) is 43.6 Å². The van der Waals surface area contributed by atoms with Gasteiger partial charge in [-0.2, -0.15) is 5.10 Å². The first-order chi connectivity index (χ1) is 12.9. The number of methoxy groups -OCH3 is 1. The summed E-state index contributed by atoms with van der Waals surface area (Å²) in [5, 5.41) is 4.22. The molecule has 1 aromatic carbocycles. The number of alkyl halides is 1. The molecule has 0 atom stereocenters. The second-order valence-electron chi connectivity index (χ2n) is 6.64. The van der Waals surface area contributed by atoms with Crippen LogP contribution in [0.3, 0.4) is 0 Å². The van der Waals surface area contributed by atoms with Crippen molar-refractivity contribution in [2.45, 2.75) is 27.1 Å². The molecule has 1 amide bonds. The molecule has 6 nitrogen and oxygen atoms in total. The van der Waals surface area contributed by atoms with Gasteiger partial charge in [-0.1, -0.05) is 0 Å². The van der Waals surface area contributed by atoms with Gasteiger partial charge in [0.25, 0.3) is 0 Å². The summed E-state index contributed by atoms with van der Waals surface area (Å²) in [4.78, 5) is 16.7. The number of hydrogen-bond acceptors (Lipinski definition) is 4. The fourth-order valence-corrected chi connectivity index (χ4v) is 3.67. The summed E-state index contributed by atoms with van der Waals surface area (Å²) in [5.74, 6) is 0.804. The molecule has 0 saturated carbocycles. The van der Waals surface area contributed by atoms with E-state index in [1.807, 2.05) is 36.9 Å². The Morgan fingerprint density at radius 2 is 1.96 bits per heavy atom. The number of hydrogen-bond donors (Lipinski definition) is 0. The van der Waals surface area contributed by atoms with Gasteiger partial charge >= 0.3 is 0 Å². The van der Waals surface area contributed by atoms with Crippen molar-refractivity contribution < 1.29 is 13.9 Å². The largest absolute Gasteiger partial charge is 0.495 e. The van der Waals surface area contributed by atoms with Gasteiger partial charge in [0.1, 0.15) is 19.0 Å². The third-order valence-corrected chi connectivity index (χ3v) is 5.80. The maximum atomic E-state index is 13.0. The Bertz CT molecular complexity index is 831. The van der Waals surface area contributed by atoms with Crippen LogP contribution in [0.4, 0.5) is 10.1 Å². The van der Waals surface area contributed by atoms with Crippen LogP contribution in [0.15, 0.2) is 22.7 Å². The quantitative estimate of drug-likeness (QED) is 0.719. The molecule has 0 radical (unpaired) electrons. The van der Waals surface area contributed by atoms with Crippen molar-refractivity contribution in [1.82, 2.24) is 14.7 Å². The van der Waals surface area contributed by atoms with Gasteiger partial charge in [-0.15, -0.1) is 0 Å². The van der Waals surface area contributed by atoms with Crippen LogP contribution in [0.25, 0.3) is 0 Å². The van der Waals surface area contributed by atoms with Crippen LogP contribution in [0.2, 0.25) is 0 Å². The minimum atomic E-state index is -0.608. The van der Waals surface area contributed by atoms with Gasteiger partial charge < -0.3 is 14.5 Å². The van der Waals surface area contributed by atoms with Crippen molar-refractivity contribution in [2.75, 3.05) is 38.2 Å². The van der Waals surface area contributed by atoms with Crippen LogP contribution < -0.4 is 9.64 Å². The van der Waals surface area contributed by atoms with E-state index in [0.29, 0.717) is 18.8 Å². The van der Waals surface area contributed by atoms with Crippen molar-refractivity contribution in [3.63, 3.8) is 0 Å². The molecule has 1 aliphatic heterocycles. The lowest BCUT2D eigenvalue weighted by atomic mass is 10.2. The van der Waals surface area contributed by atoms with Crippen molar-refractivity contribution in [3.8, 4) is 5.75 Å². The monoisotopic (exact) mass is 438 g/mol. The summed E-state index contributed by atoms with van der Waals surface area (Å²) in [6.07, 6.45) is 0. The Morgan fingerprint density at radius 3 is 2.56 bits per heavy atom. The lowest BCUT2D eigenvalue weighted by molar-refractivity contribution is -0.132. The molecule has 2 aromatic rings. The third-order valence-electron chi connectivity index (χ3n) is 5.15. The van der Waals surface area contributed by atoms with Crippen LogP contribution in [0.5, 0.6) is 5.75 Å². The molecule has 0 aliphatic carbocycles. The summed E-state index contributed by atoms with van der Waals surface area (Å²) in [6, 6.07) is 6.01. The lowest BCUT2D eigenvalue weighted by Crippen LogP contribution is -2.49. The average Bonchev–Trinajstić information content (AvgIpc) is 2.96. The molecule has 0 spiro atoms. The second-order valence-corrected chi connectivity index (χ2v) is 7.49. The molecule has 0 unspecified atom stereocenters. The number of carbonyl (C=O) groups is 1. The van der Waals surface area contributed by atoms with E-state index in [1.54, 1.807) is 11.8 Å². The number of halogens is 2. The summed E-state index contributed by atoms with van der Waals surface area (Å²) < 4.78 is 20.9. The number of aromatic nitrogens is 2. The molecule has 146 valence electrons. The first-order valence-corrected chi connectivity index (χ1v) is 9.69. The van der Waals surface area contributed by atoms with E-state index in [0.717, 1.165) is 40.3 Å². The molecule has 2 heterocycles. The number of carbonyl (C=O) groups excluding carboxylic acids is 1. The standard InChI is InChI=1S/C19H24BrFN4O2/c1-13-14(2)25(22-17(13)11-21)12-19(26)24-8-6-23(7-9-24)15-4-5-16(20)18(10-15)27-3/h4-5,10H,6-9,11-12H2,1-3H3. The second kappa shape index (κ2) is 8.29. The zero-order valence-electron chi connectivity index (χ0n) is 15.8. The Kier molecular flexibility index (Phi) is 6.04. The van der Waals surface area contributed by atoms with Crippen LogP contribution in [-0.4, -0.2) is 53.9 Å². The van der Waals surface area contributed by atoms with Gasteiger partial charge in [0.05, 0.1) is 17.3 Å². The Hall–Kier alpha value is -2.09. The topological polar surface area (TPSA) is 50.6 Å². The van der Waals surface area contributed by atoms with Crippen LogP contribution in [0, 0.1) is 13.8 Å². The summed E-state index contributed by atoms with van der Waals surface area (Å²) >= 11 is 3.46. The smallest absolute Gasteiger partial charge is 0.244 e. The predicted octanol–water partition coefficient (Wildman–Crippen LogP) is 3.09. The highest BCUT2D eigenvalue weighted by Crippen LogP contribution is 2.30. The number of benzene rings is 1. The highest BCUT2D eigenvalue weighted by molar-refractivity contribution is 9.10. The Balaban J connectivity index is 1.61. The number of nitrogens with zero attached hydrogens (tertiary/aromatic N) is 4. The number of rotatable bonds is 5. The van der Waals surface area contributed by atoms with Crippen molar-refractivity contribution in [1.29, 1.82) is 0 Å². The molecule has 1 saturated heterocycles. The van der Waals surface area contributed by atoms with Crippen molar-refractivity contribution in [3.05, 3.63) is 39.6 Å². The fourth-order valence-electron chi connectivity index (χ4n) is 3.27. The number of piperazine rings is 1. The highest BCUT2D eigenvalue weighted by Gasteiger charge is 2.23. The Labute approximate surface area is 167 Å². The van der Waals surface area contributed by atoms with E-state index in [-0.39, 0.29) is 12.5 Å². The van der Waals surface area contributed by atoms with Gasteiger partial charge in [-0.25, -0.2) is 4.39 Å². The molecule has 0 bridgehead atoms. The molecule has 27 heavy (non-hydrogen) atoms. The zero-order chi connectivity index (χ0) is 19.6. The molecule has 1 aliphatic rings.